The first-order valence-corrected chi connectivity index (χ1v) is 7.13. The van der Waals surface area contributed by atoms with E-state index in [1.807, 2.05) is 0 Å². The fraction of sp³-hybridized carbons (Fsp3) is 0.417. The molecule has 8 nitrogen and oxygen atoms in total. The number of carbonyl (C=O) groups is 4. The van der Waals surface area contributed by atoms with E-state index in [9.17, 15) is 19.2 Å². The van der Waals surface area contributed by atoms with Crippen LogP contribution in [0.4, 0.5) is 0 Å². The molecule has 0 atom stereocenters. The molecule has 1 aliphatic rings. The van der Waals surface area contributed by atoms with E-state index in [2.05, 4.69) is 10.3 Å². The van der Waals surface area contributed by atoms with E-state index in [0.717, 1.165) is 16.2 Å². The molecular formula is C12H13N3O5S. The number of amides is 3. The standard InChI is InChI=1S/C12H13N3O5S/c16-8(3-4-15-10(17)1-2-11(15)18)13-5-9-14-7(6-21-9)12(19)20/h6H,1-5H2,(H,13,16)(H,19,20). The first kappa shape index (κ1) is 15.1. The minimum atomic E-state index is -1.12. The largest absolute Gasteiger partial charge is 0.476 e. The van der Waals surface area contributed by atoms with E-state index in [0.29, 0.717) is 5.01 Å². The van der Waals surface area contributed by atoms with Gasteiger partial charge in [0, 0.05) is 31.2 Å². The number of likely N-dealkylation sites (tertiary alicyclic amines) is 1. The summed E-state index contributed by atoms with van der Waals surface area (Å²) in [7, 11) is 0. The number of aromatic carboxylic acids is 1. The quantitative estimate of drug-likeness (QED) is 0.714. The van der Waals surface area contributed by atoms with Crippen molar-refractivity contribution in [2.75, 3.05) is 6.54 Å². The van der Waals surface area contributed by atoms with Gasteiger partial charge in [0.25, 0.3) is 0 Å². The second kappa shape index (κ2) is 6.44. The number of carboxylic acid groups (broad SMARTS) is 1. The highest BCUT2D eigenvalue weighted by atomic mass is 32.1. The zero-order valence-corrected chi connectivity index (χ0v) is 11.8. The number of carbonyl (C=O) groups excluding carboxylic acids is 3. The number of nitrogens with one attached hydrogen (secondary N) is 1. The third-order valence-corrected chi connectivity index (χ3v) is 3.77. The van der Waals surface area contributed by atoms with Gasteiger partial charge in [-0.15, -0.1) is 11.3 Å². The van der Waals surface area contributed by atoms with Crippen LogP contribution in [0.25, 0.3) is 0 Å². The number of rotatable bonds is 6. The third-order valence-electron chi connectivity index (χ3n) is 2.92. The van der Waals surface area contributed by atoms with Gasteiger partial charge in [0.05, 0.1) is 6.54 Å². The number of hydrogen-bond donors (Lipinski definition) is 2. The van der Waals surface area contributed by atoms with Crippen molar-refractivity contribution in [2.45, 2.75) is 25.8 Å². The molecule has 2 heterocycles. The van der Waals surface area contributed by atoms with Crippen LogP contribution in [0.15, 0.2) is 5.38 Å². The fourth-order valence-electron chi connectivity index (χ4n) is 1.84. The van der Waals surface area contributed by atoms with Gasteiger partial charge in [-0.1, -0.05) is 0 Å². The predicted molar refractivity (Wildman–Crippen MR) is 71.5 cm³/mol. The average molecular weight is 311 g/mol. The molecule has 21 heavy (non-hydrogen) atoms. The van der Waals surface area contributed by atoms with Crippen LogP contribution >= 0.6 is 11.3 Å². The molecule has 1 fully saturated rings. The Bertz CT molecular complexity index is 581. The van der Waals surface area contributed by atoms with Gasteiger partial charge in [0.1, 0.15) is 5.01 Å². The average Bonchev–Trinajstić information content (AvgIpc) is 3.03. The second-order valence-electron chi connectivity index (χ2n) is 4.40. The lowest BCUT2D eigenvalue weighted by Crippen LogP contribution is -2.34. The molecule has 1 saturated heterocycles. The molecule has 112 valence electrons. The maximum atomic E-state index is 11.6. The number of hydrogen-bond acceptors (Lipinski definition) is 6. The predicted octanol–water partition coefficient (Wildman–Crippen LogP) is -0.00340. The first-order chi connectivity index (χ1) is 9.97. The summed E-state index contributed by atoms with van der Waals surface area (Å²) in [6.07, 6.45) is 0.434. The van der Waals surface area contributed by atoms with Gasteiger partial charge in [-0.3, -0.25) is 19.3 Å². The van der Waals surface area contributed by atoms with E-state index in [1.165, 1.54) is 5.38 Å². The first-order valence-electron chi connectivity index (χ1n) is 6.25. The molecule has 9 heteroatoms. The van der Waals surface area contributed by atoms with Crippen molar-refractivity contribution < 1.29 is 24.3 Å². The summed E-state index contributed by atoms with van der Waals surface area (Å²) in [5.74, 6) is -1.94. The van der Waals surface area contributed by atoms with E-state index in [-0.39, 0.29) is 55.8 Å². The molecule has 0 saturated carbocycles. The highest BCUT2D eigenvalue weighted by Gasteiger charge is 2.28. The number of carboxylic acids is 1. The molecule has 0 spiro atoms. The molecule has 1 aliphatic heterocycles. The Kier molecular flexibility index (Phi) is 4.63. The molecule has 0 unspecified atom stereocenters. The molecule has 0 bridgehead atoms. The summed E-state index contributed by atoms with van der Waals surface area (Å²) in [6, 6.07) is 0. The monoisotopic (exact) mass is 311 g/mol. The van der Waals surface area contributed by atoms with Gasteiger partial charge in [-0.05, 0) is 0 Å². The van der Waals surface area contributed by atoms with Crippen LogP contribution in [-0.4, -0.2) is 45.2 Å². The molecule has 0 aromatic carbocycles. The summed E-state index contributed by atoms with van der Waals surface area (Å²) >= 11 is 1.14. The van der Waals surface area contributed by atoms with Crippen LogP contribution < -0.4 is 5.32 Å². The molecule has 3 amide bonds. The highest BCUT2D eigenvalue weighted by Crippen LogP contribution is 2.12. The molecule has 1 aromatic heterocycles. The van der Waals surface area contributed by atoms with E-state index >= 15 is 0 Å². The number of thiazole rings is 1. The Balaban J connectivity index is 1.75. The Labute approximate surface area is 123 Å². The Hall–Kier alpha value is -2.29. The number of aromatic nitrogens is 1. The van der Waals surface area contributed by atoms with Crippen LogP contribution in [-0.2, 0) is 20.9 Å². The highest BCUT2D eigenvalue weighted by molar-refractivity contribution is 7.09. The van der Waals surface area contributed by atoms with Crippen LogP contribution in [0, 0.1) is 0 Å². The van der Waals surface area contributed by atoms with Crippen molar-refractivity contribution in [2.24, 2.45) is 0 Å². The summed E-state index contributed by atoms with van der Waals surface area (Å²) in [5, 5.41) is 13.2. The van der Waals surface area contributed by atoms with Crippen LogP contribution in [0.2, 0.25) is 0 Å². The Morgan fingerprint density at radius 2 is 2.00 bits per heavy atom. The van der Waals surface area contributed by atoms with Crippen LogP contribution in [0.3, 0.4) is 0 Å². The SMILES string of the molecule is O=C(CCN1C(=O)CCC1=O)NCc1nc(C(=O)O)cs1. The molecule has 0 aliphatic carbocycles. The fourth-order valence-corrected chi connectivity index (χ4v) is 2.55. The zero-order valence-electron chi connectivity index (χ0n) is 11.0. The van der Waals surface area contributed by atoms with Gasteiger partial charge in [-0.2, -0.15) is 0 Å². The maximum absolute atomic E-state index is 11.6. The molecule has 0 radical (unpaired) electrons. The summed E-state index contributed by atoms with van der Waals surface area (Å²) in [5.41, 5.74) is -0.0579. The van der Waals surface area contributed by atoms with Crippen molar-refractivity contribution in [1.29, 1.82) is 0 Å². The van der Waals surface area contributed by atoms with Gasteiger partial charge in [0.2, 0.25) is 17.7 Å². The Morgan fingerprint density at radius 1 is 1.33 bits per heavy atom. The van der Waals surface area contributed by atoms with Crippen molar-refractivity contribution in [3.8, 4) is 0 Å². The van der Waals surface area contributed by atoms with E-state index < -0.39 is 5.97 Å². The third kappa shape index (κ3) is 3.85. The van der Waals surface area contributed by atoms with Gasteiger partial charge < -0.3 is 10.4 Å². The Morgan fingerprint density at radius 3 is 2.57 bits per heavy atom. The van der Waals surface area contributed by atoms with Crippen molar-refractivity contribution in [1.82, 2.24) is 15.2 Å². The minimum Gasteiger partial charge on any atom is -0.476 e. The molecule has 2 rings (SSSR count). The number of imide groups is 1. The smallest absolute Gasteiger partial charge is 0.355 e. The van der Waals surface area contributed by atoms with E-state index in [1.54, 1.807) is 0 Å². The maximum Gasteiger partial charge on any atom is 0.355 e. The molecule has 2 N–H and O–H groups in total. The lowest BCUT2D eigenvalue weighted by Gasteiger charge is -2.12. The van der Waals surface area contributed by atoms with Crippen molar-refractivity contribution in [3.05, 3.63) is 16.1 Å². The van der Waals surface area contributed by atoms with Gasteiger partial charge in [-0.25, -0.2) is 9.78 Å². The summed E-state index contributed by atoms with van der Waals surface area (Å²) < 4.78 is 0. The second-order valence-corrected chi connectivity index (χ2v) is 5.34. The van der Waals surface area contributed by atoms with Crippen molar-refractivity contribution >= 4 is 35.0 Å². The van der Waals surface area contributed by atoms with Gasteiger partial charge >= 0.3 is 5.97 Å². The number of nitrogens with zero attached hydrogens (tertiary/aromatic N) is 2. The minimum absolute atomic E-state index is 0.0225. The van der Waals surface area contributed by atoms with Gasteiger partial charge in [0.15, 0.2) is 5.69 Å². The molecule has 1 aromatic rings. The zero-order chi connectivity index (χ0) is 15.4. The normalized spacial score (nSPS) is 14.6. The lowest BCUT2D eigenvalue weighted by molar-refractivity contribution is -0.138. The van der Waals surface area contributed by atoms with E-state index in [4.69, 9.17) is 5.11 Å². The summed E-state index contributed by atoms with van der Waals surface area (Å²) in [6.45, 7) is 0.195. The van der Waals surface area contributed by atoms with Crippen LogP contribution in [0.1, 0.15) is 34.8 Å². The lowest BCUT2D eigenvalue weighted by atomic mass is 10.3. The topological polar surface area (TPSA) is 117 Å². The molecular weight excluding hydrogens is 298 g/mol. The summed E-state index contributed by atoms with van der Waals surface area (Å²) in [4.78, 5) is 49.9. The van der Waals surface area contributed by atoms with Crippen molar-refractivity contribution in [3.63, 3.8) is 0 Å². The van der Waals surface area contributed by atoms with Crippen LogP contribution in [0.5, 0.6) is 0 Å².